The zero-order valence-electron chi connectivity index (χ0n) is 11.7. The molecule has 0 atom stereocenters. The van der Waals surface area contributed by atoms with E-state index in [4.69, 9.17) is 5.73 Å². The number of anilines is 1. The van der Waals surface area contributed by atoms with Crippen LogP contribution in [0.4, 0.5) is 10.2 Å². The van der Waals surface area contributed by atoms with Crippen molar-refractivity contribution in [3.63, 3.8) is 0 Å². The van der Waals surface area contributed by atoms with Crippen molar-refractivity contribution in [2.75, 3.05) is 5.73 Å². The van der Waals surface area contributed by atoms with E-state index in [2.05, 4.69) is 9.97 Å². The molecule has 1 saturated carbocycles. The second kappa shape index (κ2) is 4.54. The van der Waals surface area contributed by atoms with Crippen LogP contribution < -0.4 is 5.73 Å². The van der Waals surface area contributed by atoms with Crippen LogP contribution in [0, 0.1) is 5.82 Å². The third-order valence-electron chi connectivity index (χ3n) is 3.89. The van der Waals surface area contributed by atoms with E-state index in [1.54, 1.807) is 12.1 Å². The molecule has 0 spiro atoms. The fourth-order valence-corrected chi connectivity index (χ4v) is 2.35. The van der Waals surface area contributed by atoms with Crippen LogP contribution in [-0.2, 0) is 5.41 Å². The van der Waals surface area contributed by atoms with E-state index < -0.39 is 5.41 Å². The topological polar surface area (TPSA) is 51.8 Å². The van der Waals surface area contributed by atoms with Gasteiger partial charge in [-0.25, -0.2) is 14.4 Å². The Balaban J connectivity index is 2.03. The second-order valence-electron chi connectivity index (χ2n) is 5.95. The van der Waals surface area contributed by atoms with E-state index in [0.717, 1.165) is 11.3 Å². The molecule has 0 bridgehead atoms. The largest absolute Gasteiger partial charge is 0.384 e. The van der Waals surface area contributed by atoms with E-state index in [-0.39, 0.29) is 5.82 Å². The number of benzene rings is 1. The number of rotatable bonds is 3. The molecule has 20 heavy (non-hydrogen) atoms. The van der Waals surface area contributed by atoms with Gasteiger partial charge in [0.25, 0.3) is 0 Å². The Kier molecular flexibility index (Phi) is 2.96. The third-order valence-corrected chi connectivity index (χ3v) is 3.89. The van der Waals surface area contributed by atoms with E-state index in [0.29, 0.717) is 17.6 Å². The highest BCUT2D eigenvalue weighted by molar-refractivity contribution is 5.38. The normalized spacial score (nSPS) is 15.3. The minimum absolute atomic E-state index is 0.239. The lowest BCUT2D eigenvalue weighted by Gasteiger charge is -2.24. The van der Waals surface area contributed by atoms with Gasteiger partial charge in [0.1, 0.15) is 17.5 Å². The lowest BCUT2D eigenvalue weighted by atomic mass is 9.83. The van der Waals surface area contributed by atoms with Crippen molar-refractivity contribution in [1.29, 1.82) is 0 Å². The molecule has 3 nitrogen and oxygen atoms in total. The van der Waals surface area contributed by atoms with Gasteiger partial charge in [-0.15, -0.1) is 0 Å². The fourth-order valence-electron chi connectivity index (χ4n) is 2.35. The second-order valence-corrected chi connectivity index (χ2v) is 5.95. The smallest absolute Gasteiger partial charge is 0.140 e. The molecule has 0 radical (unpaired) electrons. The summed E-state index contributed by atoms with van der Waals surface area (Å²) in [7, 11) is 0. The maximum atomic E-state index is 13.1. The minimum Gasteiger partial charge on any atom is -0.384 e. The fraction of sp³-hybridized carbons (Fsp3) is 0.375. The first-order chi connectivity index (χ1) is 9.46. The molecule has 3 rings (SSSR count). The quantitative estimate of drug-likeness (QED) is 0.930. The molecule has 1 fully saturated rings. The van der Waals surface area contributed by atoms with E-state index in [1.165, 1.54) is 25.0 Å². The van der Waals surface area contributed by atoms with Crippen LogP contribution in [0.15, 0.2) is 30.3 Å². The Labute approximate surface area is 118 Å². The van der Waals surface area contributed by atoms with Gasteiger partial charge in [-0.2, -0.15) is 0 Å². The Morgan fingerprint density at radius 1 is 1.15 bits per heavy atom. The highest BCUT2D eigenvalue weighted by Gasteiger charge is 2.31. The molecule has 1 aromatic carbocycles. The summed E-state index contributed by atoms with van der Waals surface area (Å²) < 4.78 is 13.1. The lowest BCUT2D eigenvalue weighted by Crippen LogP contribution is -2.23. The van der Waals surface area contributed by atoms with Gasteiger partial charge in [-0.3, -0.25) is 0 Å². The molecule has 1 aromatic heterocycles. The van der Waals surface area contributed by atoms with E-state index in [1.807, 2.05) is 19.9 Å². The molecule has 104 valence electrons. The Bertz CT molecular complexity index is 631. The Morgan fingerprint density at radius 3 is 2.40 bits per heavy atom. The molecular formula is C16H18FN3. The molecule has 1 aliphatic carbocycles. The summed E-state index contributed by atoms with van der Waals surface area (Å²) in [5, 5.41) is 0. The lowest BCUT2D eigenvalue weighted by molar-refractivity contribution is 0.580. The maximum Gasteiger partial charge on any atom is 0.140 e. The molecule has 4 heteroatoms. The minimum atomic E-state index is -0.396. The van der Waals surface area contributed by atoms with Crippen LogP contribution in [0.25, 0.3) is 0 Å². The van der Waals surface area contributed by atoms with Crippen LogP contribution >= 0.6 is 0 Å². The standard InChI is InChI=1S/C16H18FN3/c1-16(2,11-5-7-12(17)8-6-11)15-19-13(10-3-4-10)9-14(18)20-15/h5-10H,3-4H2,1-2H3,(H2,18,19,20). The van der Waals surface area contributed by atoms with Gasteiger partial charge in [0.2, 0.25) is 0 Å². The molecule has 0 amide bonds. The Morgan fingerprint density at radius 2 is 1.80 bits per heavy atom. The highest BCUT2D eigenvalue weighted by Crippen LogP contribution is 2.40. The summed E-state index contributed by atoms with van der Waals surface area (Å²) in [5.74, 6) is 1.50. The number of hydrogen-bond acceptors (Lipinski definition) is 3. The zero-order valence-corrected chi connectivity index (χ0v) is 11.7. The van der Waals surface area contributed by atoms with E-state index >= 15 is 0 Å². The molecular weight excluding hydrogens is 253 g/mol. The summed E-state index contributed by atoms with van der Waals surface area (Å²) >= 11 is 0. The van der Waals surface area contributed by atoms with Gasteiger partial charge in [-0.05, 0) is 44.4 Å². The van der Waals surface area contributed by atoms with Gasteiger partial charge in [-0.1, -0.05) is 12.1 Å². The average Bonchev–Trinajstić information content (AvgIpc) is 3.23. The van der Waals surface area contributed by atoms with Crippen molar-refractivity contribution in [2.45, 2.75) is 38.0 Å². The van der Waals surface area contributed by atoms with Crippen molar-refractivity contribution in [3.8, 4) is 0 Å². The number of nitrogen functional groups attached to an aromatic ring is 1. The van der Waals surface area contributed by atoms with Crippen LogP contribution in [-0.4, -0.2) is 9.97 Å². The van der Waals surface area contributed by atoms with Crippen LogP contribution in [0.3, 0.4) is 0 Å². The monoisotopic (exact) mass is 271 g/mol. The average molecular weight is 271 g/mol. The van der Waals surface area contributed by atoms with Gasteiger partial charge in [0.05, 0.1) is 0 Å². The number of aromatic nitrogens is 2. The zero-order chi connectivity index (χ0) is 14.3. The molecule has 0 aliphatic heterocycles. The van der Waals surface area contributed by atoms with Crippen molar-refractivity contribution in [1.82, 2.24) is 9.97 Å². The van der Waals surface area contributed by atoms with Crippen molar-refractivity contribution < 1.29 is 4.39 Å². The predicted molar refractivity (Wildman–Crippen MR) is 76.9 cm³/mol. The molecule has 0 unspecified atom stereocenters. The SMILES string of the molecule is CC(C)(c1ccc(F)cc1)c1nc(N)cc(C2CC2)n1. The van der Waals surface area contributed by atoms with Crippen molar-refractivity contribution >= 4 is 5.82 Å². The number of hydrogen-bond donors (Lipinski definition) is 1. The van der Waals surface area contributed by atoms with Gasteiger partial charge < -0.3 is 5.73 Å². The van der Waals surface area contributed by atoms with Crippen molar-refractivity contribution in [3.05, 3.63) is 53.2 Å². The first kappa shape index (κ1) is 13.0. The molecule has 1 heterocycles. The third kappa shape index (κ3) is 2.38. The molecule has 1 aliphatic rings. The molecule has 2 N–H and O–H groups in total. The highest BCUT2D eigenvalue weighted by atomic mass is 19.1. The Hall–Kier alpha value is -1.97. The maximum absolute atomic E-state index is 13.1. The van der Waals surface area contributed by atoms with Gasteiger partial charge in [0, 0.05) is 23.1 Å². The summed E-state index contributed by atoms with van der Waals surface area (Å²) in [5.41, 5.74) is 7.52. The summed E-state index contributed by atoms with van der Waals surface area (Å²) in [6.07, 6.45) is 2.35. The first-order valence-corrected chi connectivity index (χ1v) is 6.88. The molecule has 2 aromatic rings. The van der Waals surface area contributed by atoms with Crippen LogP contribution in [0.5, 0.6) is 0 Å². The number of halogens is 1. The van der Waals surface area contributed by atoms with Gasteiger partial charge >= 0.3 is 0 Å². The van der Waals surface area contributed by atoms with Crippen LogP contribution in [0.1, 0.15) is 49.7 Å². The summed E-state index contributed by atoms with van der Waals surface area (Å²) in [6, 6.07) is 8.34. The van der Waals surface area contributed by atoms with Crippen LogP contribution in [0.2, 0.25) is 0 Å². The van der Waals surface area contributed by atoms with Crippen molar-refractivity contribution in [2.24, 2.45) is 0 Å². The summed E-state index contributed by atoms with van der Waals surface area (Å²) in [6.45, 7) is 4.07. The van der Waals surface area contributed by atoms with Gasteiger partial charge in [0.15, 0.2) is 0 Å². The predicted octanol–water partition coefficient (Wildman–Crippen LogP) is 3.40. The first-order valence-electron chi connectivity index (χ1n) is 6.88. The van der Waals surface area contributed by atoms with E-state index in [9.17, 15) is 4.39 Å². The summed E-state index contributed by atoms with van der Waals surface area (Å²) in [4.78, 5) is 9.07. The number of nitrogens with zero attached hydrogens (tertiary/aromatic N) is 2. The molecule has 0 saturated heterocycles. The number of nitrogens with two attached hydrogens (primary N) is 1.